The SMILES string of the molecule is O=C([O-])c1ccc(Cl)c(NCc2cccs2)c1. The number of aromatic carboxylic acids is 1. The summed E-state index contributed by atoms with van der Waals surface area (Å²) in [4.78, 5) is 11.9. The highest BCUT2D eigenvalue weighted by Gasteiger charge is 2.03. The third-order valence-electron chi connectivity index (χ3n) is 2.24. The summed E-state index contributed by atoms with van der Waals surface area (Å²) in [6.07, 6.45) is 0. The second kappa shape index (κ2) is 5.21. The molecule has 88 valence electrons. The summed E-state index contributed by atoms with van der Waals surface area (Å²) in [5, 5.41) is 16.3. The Labute approximate surface area is 108 Å². The van der Waals surface area contributed by atoms with E-state index in [0.29, 0.717) is 17.3 Å². The van der Waals surface area contributed by atoms with Crippen molar-refractivity contribution in [2.24, 2.45) is 0 Å². The molecule has 0 amide bonds. The van der Waals surface area contributed by atoms with Crippen LogP contribution < -0.4 is 10.4 Å². The van der Waals surface area contributed by atoms with Crippen LogP contribution in [-0.4, -0.2) is 5.97 Å². The van der Waals surface area contributed by atoms with Gasteiger partial charge in [-0.3, -0.25) is 0 Å². The van der Waals surface area contributed by atoms with E-state index in [1.165, 1.54) is 12.1 Å². The monoisotopic (exact) mass is 266 g/mol. The first-order valence-electron chi connectivity index (χ1n) is 4.94. The molecule has 1 aromatic carbocycles. The summed E-state index contributed by atoms with van der Waals surface area (Å²) in [7, 11) is 0. The summed E-state index contributed by atoms with van der Waals surface area (Å²) >= 11 is 7.59. The lowest BCUT2D eigenvalue weighted by atomic mass is 10.2. The second-order valence-electron chi connectivity index (χ2n) is 3.41. The van der Waals surface area contributed by atoms with Gasteiger partial charge in [-0.2, -0.15) is 0 Å². The zero-order valence-corrected chi connectivity index (χ0v) is 10.3. The van der Waals surface area contributed by atoms with E-state index in [-0.39, 0.29) is 5.56 Å². The molecule has 1 N–H and O–H groups in total. The lowest BCUT2D eigenvalue weighted by Gasteiger charge is -2.10. The summed E-state index contributed by atoms with van der Waals surface area (Å²) < 4.78 is 0. The first-order valence-corrected chi connectivity index (χ1v) is 6.20. The smallest absolute Gasteiger partial charge is 0.0716 e. The van der Waals surface area contributed by atoms with Gasteiger partial charge in [0.25, 0.3) is 0 Å². The number of carbonyl (C=O) groups is 1. The third kappa shape index (κ3) is 2.99. The largest absolute Gasteiger partial charge is 0.545 e. The van der Waals surface area contributed by atoms with E-state index in [0.717, 1.165) is 4.88 Å². The minimum absolute atomic E-state index is 0.114. The fourth-order valence-corrected chi connectivity index (χ4v) is 2.21. The van der Waals surface area contributed by atoms with Gasteiger partial charge in [0.2, 0.25) is 0 Å². The molecule has 0 radical (unpaired) electrons. The van der Waals surface area contributed by atoms with Crippen LogP contribution in [0, 0.1) is 0 Å². The Morgan fingerprint density at radius 2 is 2.24 bits per heavy atom. The summed E-state index contributed by atoms with van der Waals surface area (Å²) in [5.74, 6) is -1.21. The Bertz CT molecular complexity index is 525. The molecule has 0 bridgehead atoms. The molecule has 2 rings (SSSR count). The maximum atomic E-state index is 10.7. The van der Waals surface area contributed by atoms with Gasteiger partial charge in [-0.05, 0) is 29.1 Å². The lowest BCUT2D eigenvalue weighted by molar-refractivity contribution is -0.255. The van der Waals surface area contributed by atoms with Gasteiger partial charge in [0, 0.05) is 11.4 Å². The Kier molecular flexibility index (Phi) is 3.66. The van der Waals surface area contributed by atoms with Crippen molar-refractivity contribution in [3.63, 3.8) is 0 Å². The Morgan fingerprint density at radius 3 is 2.88 bits per heavy atom. The van der Waals surface area contributed by atoms with Crippen molar-refractivity contribution in [1.82, 2.24) is 0 Å². The molecule has 0 spiro atoms. The van der Waals surface area contributed by atoms with E-state index < -0.39 is 5.97 Å². The van der Waals surface area contributed by atoms with Crippen LogP contribution in [0.4, 0.5) is 5.69 Å². The van der Waals surface area contributed by atoms with Crippen LogP contribution in [-0.2, 0) is 6.54 Å². The van der Waals surface area contributed by atoms with Crippen LogP contribution in [0.25, 0.3) is 0 Å². The zero-order valence-electron chi connectivity index (χ0n) is 8.77. The van der Waals surface area contributed by atoms with Crippen molar-refractivity contribution < 1.29 is 9.90 Å². The van der Waals surface area contributed by atoms with Crippen molar-refractivity contribution in [3.8, 4) is 0 Å². The summed E-state index contributed by atoms with van der Waals surface area (Å²) in [6, 6.07) is 8.40. The number of benzene rings is 1. The molecular formula is C12H9ClNO2S-. The van der Waals surface area contributed by atoms with Crippen molar-refractivity contribution in [3.05, 3.63) is 51.2 Å². The van der Waals surface area contributed by atoms with Crippen LogP contribution in [0.2, 0.25) is 5.02 Å². The Hall–Kier alpha value is -1.52. The predicted molar refractivity (Wildman–Crippen MR) is 67.4 cm³/mol. The molecule has 0 saturated heterocycles. The molecule has 0 atom stereocenters. The molecule has 0 aliphatic heterocycles. The molecule has 0 unspecified atom stereocenters. The fraction of sp³-hybridized carbons (Fsp3) is 0.0833. The highest BCUT2D eigenvalue weighted by molar-refractivity contribution is 7.09. The maximum Gasteiger partial charge on any atom is 0.0716 e. The van der Waals surface area contributed by atoms with Crippen LogP contribution in [0.5, 0.6) is 0 Å². The van der Waals surface area contributed by atoms with Gasteiger partial charge in [0.15, 0.2) is 0 Å². The van der Waals surface area contributed by atoms with E-state index in [1.54, 1.807) is 17.4 Å². The van der Waals surface area contributed by atoms with Gasteiger partial charge in [-0.25, -0.2) is 0 Å². The molecule has 5 heteroatoms. The topological polar surface area (TPSA) is 52.2 Å². The summed E-state index contributed by atoms with van der Waals surface area (Å²) in [6.45, 7) is 0.619. The molecule has 17 heavy (non-hydrogen) atoms. The number of nitrogens with one attached hydrogen (secondary N) is 1. The third-order valence-corrected chi connectivity index (χ3v) is 3.44. The average Bonchev–Trinajstić information content (AvgIpc) is 2.80. The van der Waals surface area contributed by atoms with E-state index in [1.807, 2.05) is 17.5 Å². The first kappa shape index (κ1) is 12.0. The van der Waals surface area contributed by atoms with Gasteiger partial charge >= 0.3 is 0 Å². The Morgan fingerprint density at radius 1 is 1.41 bits per heavy atom. The van der Waals surface area contributed by atoms with Crippen molar-refractivity contribution in [2.75, 3.05) is 5.32 Å². The molecule has 0 aliphatic carbocycles. The summed E-state index contributed by atoms with van der Waals surface area (Å²) in [5.41, 5.74) is 0.713. The number of carbonyl (C=O) groups excluding carboxylic acids is 1. The van der Waals surface area contributed by atoms with Crippen molar-refractivity contribution >= 4 is 34.6 Å². The minimum atomic E-state index is -1.21. The normalized spacial score (nSPS) is 10.2. The van der Waals surface area contributed by atoms with E-state index in [4.69, 9.17) is 11.6 Å². The highest BCUT2D eigenvalue weighted by atomic mass is 35.5. The molecule has 2 aromatic rings. The van der Waals surface area contributed by atoms with Gasteiger partial charge < -0.3 is 15.2 Å². The van der Waals surface area contributed by atoms with Crippen molar-refractivity contribution in [1.29, 1.82) is 0 Å². The quantitative estimate of drug-likeness (QED) is 0.924. The zero-order chi connectivity index (χ0) is 12.3. The van der Waals surface area contributed by atoms with Crippen molar-refractivity contribution in [2.45, 2.75) is 6.54 Å². The van der Waals surface area contributed by atoms with Crippen LogP contribution in [0.1, 0.15) is 15.2 Å². The van der Waals surface area contributed by atoms with E-state index in [9.17, 15) is 9.90 Å². The van der Waals surface area contributed by atoms with Gasteiger partial charge in [-0.15, -0.1) is 11.3 Å². The molecule has 0 aliphatic rings. The number of carboxylic acid groups (broad SMARTS) is 1. The molecule has 1 aromatic heterocycles. The first-order chi connectivity index (χ1) is 8.16. The van der Waals surface area contributed by atoms with E-state index in [2.05, 4.69) is 5.32 Å². The molecule has 3 nitrogen and oxygen atoms in total. The van der Waals surface area contributed by atoms with E-state index >= 15 is 0 Å². The average molecular weight is 267 g/mol. The number of thiophene rings is 1. The molecular weight excluding hydrogens is 258 g/mol. The van der Waals surface area contributed by atoms with Gasteiger partial charge in [0.05, 0.1) is 16.7 Å². The van der Waals surface area contributed by atoms with Crippen LogP contribution >= 0.6 is 22.9 Å². The number of halogens is 1. The van der Waals surface area contributed by atoms with Gasteiger partial charge in [0.1, 0.15) is 0 Å². The Balaban J connectivity index is 2.14. The van der Waals surface area contributed by atoms with Gasteiger partial charge in [-0.1, -0.05) is 23.7 Å². The second-order valence-corrected chi connectivity index (χ2v) is 4.85. The number of rotatable bonds is 4. The number of hydrogen-bond donors (Lipinski definition) is 1. The molecule has 0 saturated carbocycles. The number of hydrogen-bond acceptors (Lipinski definition) is 4. The highest BCUT2D eigenvalue weighted by Crippen LogP contribution is 2.24. The molecule has 0 fully saturated rings. The molecule has 1 heterocycles. The predicted octanol–water partition coefficient (Wildman–Crippen LogP) is 2.38. The maximum absolute atomic E-state index is 10.7. The minimum Gasteiger partial charge on any atom is -0.545 e. The standard InChI is InChI=1S/C12H10ClNO2S/c13-10-4-3-8(12(15)16)6-11(10)14-7-9-2-1-5-17-9/h1-6,14H,7H2,(H,15,16)/p-1. The number of anilines is 1. The lowest BCUT2D eigenvalue weighted by Crippen LogP contribution is -2.22. The van der Waals surface area contributed by atoms with Crippen LogP contribution in [0.3, 0.4) is 0 Å². The number of carboxylic acids is 1. The fourth-order valence-electron chi connectivity index (χ4n) is 1.38. The van der Waals surface area contributed by atoms with Crippen LogP contribution in [0.15, 0.2) is 35.7 Å².